The van der Waals surface area contributed by atoms with Crippen molar-refractivity contribution < 1.29 is 5.11 Å². The van der Waals surface area contributed by atoms with Crippen LogP contribution in [0.3, 0.4) is 0 Å². The average molecular weight is 216 g/mol. The molecular formula is C9H14ClN3O. The molecule has 5 heteroatoms. The molecule has 1 rings (SSSR count). The molecule has 0 spiro atoms. The molecule has 78 valence electrons. The van der Waals surface area contributed by atoms with Crippen LogP contribution in [-0.4, -0.2) is 28.2 Å². The number of aryl methyl sites for hydroxylation is 1. The van der Waals surface area contributed by atoms with E-state index in [4.69, 9.17) is 16.7 Å². The van der Waals surface area contributed by atoms with Crippen LogP contribution in [0, 0.1) is 6.92 Å². The van der Waals surface area contributed by atoms with Crippen LogP contribution in [0.4, 0.5) is 5.95 Å². The minimum Gasteiger partial charge on any atom is -0.396 e. The summed E-state index contributed by atoms with van der Waals surface area (Å²) in [7, 11) is 0. The lowest BCUT2D eigenvalue weighted by Gasteiger charge is -2.04. The van der Waals surface area contributed by atoms with Crippen molar-refractivity contribution in [3.8, 4) is 0 Å². The first-order valence-electron chi connectivity index (χ1n) is 4.58. The highest BCUT2D eigenvalue weighted by Crippen LogP contribution is 2.09. The summed E-state index contributed by atoms with van der Waals surface area (Å²) in [5.41, 5.74) is 0.842. The van der Waals surface area contributed by atoms with E-state index in [1.165, 1.54) is 0 Å². The van der Waals surface area contributed by atoms with Gasteiger partial charge in [0.05, 0.1) is 0 Å². The summed E-state index contributed by atoms with van der Waals surface area (Å²) in [4.78, 5) is 8.17. The third-order valence-electron chi connectivity index (χ3n) is 1.69. The standard InChI is InChI=1S/C9H14ClN3O/c1-7-6-8(10)13-9(12-7)11-4-2-3-5-14/h6,14H,2-5H2,1H3,(H,11,12,13). The number of nitrogens with one attached hydrogen (secondary N) is 1. The number of nitrogens with zero attached hydrogens (tertiary/aromatic N) is 2. The minimum absolute atomic E-state index is 0.219. The maximum Gasteiger partial charge on any atom is 0.224 e. The SMILES string of the molecule is Cc1cc(Cl)nc(NCCCCO)n1. The van der Waals surface area contributed by atoms with E-state index >= 15 is 0 Å². The summed E-state index contributed by atoms with van der Waals surface area (Å²) in [6, 6.07) is 1.71. The molecule has 1 aromatic heterocycles. The summed E-state index contributed by atoms with van der Waals surface area (Å²) in [5, 5.41) is 12.1. The summed E-state index contributed by atoms with van der Waals surface area (Å²) in [5.74, 6) is 0.549. The smallest absolute Gasteiger partial charge is 0.224 e. The van der Waals surface area contributed by atoms with Gasteiger partial charge in [0.25, 0.3) is 0 Å². The second kappa shape index (κ2) is 5.78. The number of hydrogen-bond acceptors (Lipinski definition) is 4. The van der Waals surface area contributed by atoms with E-state index in [1.54, 1.807) is 6.07 Å². The fourth-order valence-corrected chi connectivity index (χ4v) is 1.28. The molecule has 0 saturated heterocycles. The average Bonchev–Trinajstić information content (AvgIpc) is 2.11. The van der Waals surface area contributed by atoms with E-state index in [0.29, 0.717) is 11.1 Å². The molecule has 0 bridgehead atoms. The topological polar surface area (TPSA) is 58.0 Å². The van der Waals surface area contributed by atoms with Crippen molar-refractivity contribution in [1.29, 1.82) is 0 Å². The van der Waals surface area contributed by atoms with Crippen molar-refractivity contribution in [2.45, 2.75) is 19.8 Å². The summed E-state index contributed by atoms with van der Waals surface area (Å²) in [6.07, 6.45) is 1.68. The van der Waals surface area contributed by atoms with E-state index in [9.17, 15) is 0 Å². The Balaban J connectivity index is 2.42. The van der Waals surface area contributed by atoms with E-state index in [2.05, 4.69) is 15.3 Å². The van der Waals surface area contributed by atoms with Crippen LogP contribution >= 0.6 is 11.6 Å². The molecule has 0 radical (unpaired) electrons. The van der Waals surface area contributed by atoms with Gasteiger partial charge in [-0.25, -0.2) is 9.97 Å². The molecule has 0 aliphatic rings. The largest absolute Gasteiger partial charge is 0.396 e. The minimum atomic E-state index is 0.219. The van der Waals surface area contributed by atoms with Crippen LogP contribution < -0.4 is 5.32 Å². The lowest BCUT2D eigenvalue weighted by Crippen LogP contribution is -2.06. The van der Waals surface area contributed by atoms with Crippen molar-refractivity contribution in [3.05, 3.63) is 16.9 Å². The molecule has 0 aliphatic carbocycles. The van der Waals surface area contributed by atoms with Crippen LogP contribution in [0.1, 0.15) is 18.5 Å². The lowest BCUT2D eigenvalue weighted by atomic mass is 10.3. The number of rotatable bonds is 5. The highest BCUT2D eigenvalue weighted by molar-refractivity contribution is 6.29. The molecule has 14 heavy (non-hydrogen) atoms. The van der Waals surface area contributed by atoms with Crippen molar-refractivity contribution in [3.63, 3.8) is 0 Å². The van der Waals surface area contributed by atoms with Gasteiger partial charge in [-0.1, -0.05) is 11.6 Å². The van der Waals surface area contributed by atoms with Gasteiger partial charge >= 0.3 is 0 Å². The van der Waals surface area contributed by atoms with Crippen LogP contribution in [0.25, 0.3) is 0 Å². The molecular weight excluding hydrogens is 202 g/mol. The number of halogens is 1. The third-order valence-corrected chi connectivity index (χ3v) is 1.88. The number of anilines is 1. The molecule has 0 fully saturated rings. The molecule has 2 N–H and O–H groups in total. The zero-order chi connectivity index (χ0) is 10.4. The van der Waals surface area contributed by atoms with E-state index in [-0.39, 0.29) is 6.61 Å². The zero-order valence-electron chi connectivity index (χ0n) is 8.13. The predicted molar refractivity (Wildman–Crippen MR) is 56.6 cm³/mol. The van der Waals surface area contributed by atoms with Gasteiger partial charge in [0.1, 0.15) is 5.15 Å². The van der Waals surface area contributed by atoms with Gasteiger partial charge in [-0.3, -0.25) is 0 Å². The third kappa shape index (κ3) is 3.89. The molecule has 0 unspecified atom stereocenters. The van der Waals surface area contributed by atoms with Crippen molar-refractivity contribution >= 4 is 17.5 Å². The Bertz CT molecular complexity index is 273. The Morgan fingerprint density at radius 1 is 1.43 bits per heavy atom. The maximum absolute atomic E-state index is 8.57. The van der Waals surface area contributed by atoms with Gasteiger partial charge < -0.3 is 10.4 Å². The summed E-state index contributed by atoms with van der Waals surface area (Å²) >= 11 is 5.76. The van der Waals surface area contributed by atoms with Crippen LogP contribution in [0.15, 0.2) is 6.07 Å². The zero-order valence-corrected chi connectivity index (χ0v) is 8.88. The van der Waals surface area contributed by atoms with Crippen molar-refractivity contribution in [2.75, 3.05) is 18.5 Å². The first kappa shape index (κ1) is 11.2. The van der Waals surface area contributed by atoms with Crippen LogP contribution in [-0.2, 0) is 0 Å². The number of aliphatic hydroxyl groups is 1. The van der Waals surface area contributed by atoms with E-state index in [0.717, 1.165) is 25.1 Å². The molecule has 0 aromatic carbocycles. The van der Waals surface area contributed by atoms with E-state index in [1.807, 2.05) is 6.92 Å². The number of hydrogen-bond donors (Lipinski definition) is 2. The Hall–Kier alpha value is -0.870. The monoisotopic (exact) mass is 215 g/mol. The van der Waals surface area contributed by atoms with Crippen molar-refractivity contribution in [2.24, 2.45) is 0 Å². The van der Waals surface area contributed by atoms with Crippen LogP contribution in [0.2, 0.25) is 5.15 Å². The second-order valence-electron chi connectivity index (χ2n) is 3.01. The van der Waals surface area contributed by atoms with E-state index < -0.39 is 0 Å². The molecule has 0 atom stereocenters. The fourth-order valence-electron chi connectivity index (χ4n) is 1.05. The number of aromatic nitrogens is 2. The van der Waals surface area contributed by atoms with Gasteiger partial charge in [-0.2, -0.15) is 0 Å². The highest BCUT2D eigenvalue weighted by atomic mass is 35.5. The highest BCUT2D eigenvalue weighted by Gasteiger charge is 1.98. The predicted octanol–water partition coefficient (Wildman–Crippen LogP) is 1.62. The Kier molecular flexibility index (Phi) is 4.62. The first-order valence-corrected chi connectivity index (χ1v) is 4.96. The van der Waals surface area contributed by atoms with Gasteiger partial charge in [0.15, 0.2) is 0 Å². The van der Waals surface area contributed by atoms with Crippen molar-refractivity contribution in [1.82, 2.24) is 9.97 Å². The lowest BCUT2D eigenvalue weighted by molar-refractivity contribution is 0.286. The quantitative estimate of drug-likeness (QED) is 0.579. The molecule has 0 aliphatic heterocycles. The van der Waals surface area contributed by atoms with Crippen LogP contribution in [0.5, 0.6) is 0 Å². The summed E-state index contributed by atoms with van der Waals surface area (Å²) < 4.78 is 0. The fraction of sp³-hybridized carbons (Fsp3) is 0.556. The number of aliphatic hydroxyl groups excluding tert-OH is 1. The maximum atomic E-state index is 8.57. The molecule has 1 aromatic rings. The Labute approximate surface area is 88.3 Å². The molecule has 0 saturated carbocycles. The van der Waals surface area contributed by atoms with Gasteiger partial charge in [0, 0.05) is 18.8 Å². The second-order valence-corrected chi connectivity index (χ2v) is 3.40. The number of unbranched alkanes of at least 4 members (excludes halogenated alkanes) is 1. The molecule has 4 nitrogen and oxygen atoms in total. The van der Waals surface area contributed by atoms with Gasteiger partial charge in [-0.15, -0.1) is 0 Å². The van der Waals surface area contributed by atoms with Gasteiger partial charge in [0.2, 0.25) is 5.95 Å². The van der Waals surface area contributed by atoms with Gasteiger partial charge in [-0.05, 0) is 25.8 Å². The molecule has 1 heterocycles. The summed E-state index contributed by atoms with van der Waals surface area (Å²) in [6.45, 7) is 2.84. The Morgan fingerprint density at radius 2 is 2.21 bits per heavy atom. The normalized spacial score (nSPS) is 10.2. The first-order chi connectivity index (χ1) is 6.72. The Morgan fingerprint density at radius 3 is 2.86 bits per heavy atom. The molecule has 0 amide bonds.